The van der Waals surface area contributed by atoms with E-state index in [1.807, 2.05) is 29.2 Å². The first kappa shape index (κ1) is 18.1. The van der Waals surface area contributed by atoms with Crippen molar-refractivity contribution in [3.05, 3.63) is 35.4 Å². The van der Waals surface area contributed by atoms with E-state index in [1.165, 1.54) is 12.0 Å². The third-order valence-electron chi connectivity index (χ3n) is 5.89. The van der Waals surface area contributed by atoms with E-state index >= 15 is 0 Å². The highest BCUT2D eigenvalue weighted by atomic mass is 16.2. The summed E-state index contributed by atoms with van der Waals surface area (Å²) < 4.78 is 0. The summed E-state index contributed by atoms with van der Waals surface area (Å²) in [5, 5.41) is 3.45. The van der Waals surface area contributed by atoms with E-state index in [0.29, 0.717) is 18.3 Å². The van der Waals surface area contributed by atoms with E-state index in [2.05, 4.69) is 12.2 Å². The molecule has 0 unspecified atom stereocenters. The summed E-state index contributed by atoms with van der Waals surface area (Å²) >= 11 is 0. The van der Waals surface area contributed by atoms with Crippen molar-refractivity contribution in [2.24, 2.45) is 5.41 Å². The van der Waals surface area contributed by atoms with Crippen molar-refractivity contribution in [3.63, 3.8) is 0 Å². The molecule has 0 bridgehead atoms. The maximum Gasteiger partial charge on any atom is 0.223 e. The second-order valence-electron chi connectivity index (χ2n) is 7.68. The Bertz CT molecular complexity index is 593. The normalized spacial score (nSPS) is 19.3. The highest BCUT2D eigenvalue weighted by Crippen LogP contribution is 2.37. The first-order valence-corrected chi connectivity index (χ1v) is 9.72. The summed E-state index contributed by atoms with van der Waals surface area (Å²) in [5.74, 6) is 0.210. The number of likely N-dealkylation sites (tertiary alicyclic amines) is 1. The SMILES string of the molecule is CCCc1ccc(C(=O)CCC(=O)N2CCC3(CCNC3)CC2)cc1. The standard InChI is InChI=1S/C21H30N2O2/c1-2-3-17-4-6-18(7-5-17)19(24)8-9-20(25)23-14-11-21(12-15-23)10-13-22-16-21/h4-7,22H,2-3,8-16H2,1H3. The minimum Gasteiger partial charge on any atom is -0.343 e. The van der Waals surface area contributed by atoms with Crippen LogP contribution < -0.4 is 5.32 Å². The second-order valence-corrected chi connectivity index (χ2v) is 7.68. The molecule has 4 heteroatoms. The summed E-state index contributed by atoms with van der Waals surface area (Å²) in [4.78, 5) is 26.7. The van der Waals surface area contributed by atoms with Gasteiger partial charge >= 0.3 is 0 Å². The lowest BCUT2D eigenvalue weighted by molar-refractivity contribution is -0.133. The van der Waals surface area contributed by atoms with Crippen LogP contribution in [0, 0.1) is 5.41 Å². The molecule has 1 spiro atoms. The third kappa shape index (κ3) is 4.49. The van der Waals surface area contributed by atoms with Gasteiger partial charge in [-0.1, -0.05) is 37.6 Å². The van der Waals surface area contributed by atoms with E-state index in [0.717, 1.165) is 57.4 Å². The van der Waals surface area contributed by atoms with Gasteiger partial charge in [-0.3, -0.25) is 9.59 Å². The van der Waals surface area contributed by atoms with Gasteiger partial charge in [-0.25, -0.2) is 0 Å². The third-order valence-corrected chi connectivity index (χ3v) is 5.89. The van der Waals surface area contributed by atoms with Gasteiger partial charge in [-0.15, -0.1) is 0 Å². The quantitative estimate of drug-likeness (QED) is 0.808. The molecule has 2 aliphatic rings. The fourth-order valence-corrected chi connectivity index (χ4v) is 4.12. The fourth-order valence-electron chi connectivity index (χ4n) is 4.12. The van der Waals surface area contributed by atoms with Crippen LogP contribution >= 0.6 is 0 Å². The average molecular weight is 342 g/mol. The van der Waals surface area contributed by atoms with Gasteiger partial charge in [-0.05, 0) is 43.2 Å². The van der Waals surface area contributed by atoms with Gasteiger partial charge in [0.1, 0.15) is 0 Å². The number of piperidine rings is 1. The zero-order chi connectivity index (χ0) is 17.7. The maximum absolute atomic E-state index is 12.4. The molecule has 2 heterocycles. The van der Waals surface area contributed by atoms with Crippen molar-refractivity contribution >= 4 is 11.7 Å². The molecule has 2 saturated heterocycles. The van der Waals surface area contributed by atoms with E-state index < -0.39 is 0 Å². The van der Waals surface area contributed by atoms with Crippen molar-refractivity contribution in [1.82, 2.24) is 10.2 Å². The van der Waals surface area contributed by atoms with Crippen LogP contribution in [0.5, 0.6) is 0 Å². The van der Waals surface area contributed by atoms with Gasteiger partial charge in [0.2, 0.25) is 5.91 Å². The summed E-state index contributed by atoms with van der Waals surface area (Å²) in [5.41, 5.74) is 2.41. The van der Waals surface area contributed by atoms with Crippen molar-refractivity contribution in [2.75, 3.05) is 26.2 Å². The molecule has 1 aromatic rings. The Hall–Kier alpha value is -1.68. The number of carbonyl (C=O) groups excluding carboxylic acids is 2. The number of amides is 1. The molecular formula is C21H30N2O2. The number of Topliss-reactive ketones (excluding diaryl/α,β-unsaturated/α-hetero) is 1. The minimum absolute atomic E-state index is 0.0740. The number of nitrogens with one attached hydrogen (secondary N) is 1. The fraction of sp³-hybridized carbons (Fsp3) is 0.619. The van der Waals surface area contributed by atoms with Crippen LogP contribution in [0.4, 0.5) is 0 Å². The number of benzene rings is 1. The van der Waals surface area contributed by atoms with Gasteiger partial charge < -0.3 is 10.2 Å². The molecule has 0 aromatic heterocycles. The van der Waals surface area contributed by atoms with Crippen LogP contribution in [0.15, 0.2) is 24.3 Å². The Morgan fingerprint density at radius 2 is 1.80 bits per heavy atom. The molecule has 3 rings (SSSR count). The van der Waals surface area contributed by atoms with Gasteiger partial charge in [-0.2, -0.15) is 0 Å². The van der Waals surface area contributed by atoms with Crippen LogP contribution in [-0.4, -0.2) is 42.8 Å². The van der Waals surface area contributed by atoms with Crippen LogP contribution in [0.25, 0.3) is 0 Å². The second kappa shape index (κ2) is 8.13. The monoisotopic (exact) mass is 342 g/mol. The molecule has 0 atom stereocenters. The first-order chi connectivity index (χ1) is 12.1. The maximum atomic E-state index is 12.4. The van der Waals surface area contributed by atoms with Gasteiger partial charge in [0.25, 0.3) is 0 Å². The molecular weight excluding hydrogens is 312 g/mol. The Labute approximate surface area is 151 Å². The summed E-state index contributed by atoms with van der Waals surface area (Å²) in [6, 6.07) is 7.85. The summed E-state index contributed by atoms with van der Waals surface area (Å²) in [6.07, 6.45) is 6.22. The molecule has 0 radical (unpaired) electrons. The topological polar surface area (TPSA) is 49.4 Å². The number of aryl methyl sites for hydroxylation is 1. The van der Waals surface area contributed by atoms with E-state index in [9.17, 15) is 9.59 Å². The summed E-state index contributed by atoms with van der Waals surface area (Å²) in [7, 11) is 0. The molecule has 136 valence electrons. The van der Waals surface area contributed by atoms with Crippen molar-refractivity contribution < 1.29 is 9.59 Å². The zero-order valence-corrected chi connectivity index (χ0v) is 15.4. The molecule has 0 aliphatic carbocycles. The first-order valence-electron chi connectivity index (χ1n) is 9.72. The predicted molar refractivity (Wildman–Crippen MR) is 99.7 cm³/mol. The molecule has 1 aromatic carbocycles. The molecule has 1 N–H and O–H groups in total. The van der Waals surface area contributed by atoms with E-state index in [4.69, 9.17) is 0 Å². The smallest absolute Gasteiger partial charge is 0.223 e. The Balaban J connectivity index is 1.45. The molecule has 25 heavy (non-hydrogen) atoms. The number of carbonyl (C=O) groups is 2. The lowest BCUT2D eigenvalue weighted by atomic mass is 9.78. The lowest BCUT2D eigenvalue weighted by Gasteiger charge is -2.39. The molecule has 4 nitrogen and oxygen atoms in total. The number of hydrogen-bond donors (Lipinski definition) is 1. The molecule has 2 fully saturated rings. The average Bonchev–Trinajstić information content (AvgIpc) is 3.09. The Morgan fingerprint density at radius 1 is 1.08 bits per heavy atom. The van der Waals surface area contributed by atoms with Crippen LogP contribution in [0.3, 0.4) is 0 Å². The van der Waals surface area contributed by atoms with E-state index in [1.54, 1.807) is 0 Å². The van der Waals surface area contributed by atoms with Crippen molar-refractivity contribution in [2.45, 2.75) is 51.9 Å². The lowest BCUT2D eigenvalue weighted by Crippen LogP contribution is -2.44. The van der Waals surface area contributed by atoms with Gasteiger partial charge in [0.05, 0.1) is 0 Å². The largest absolute Gasteiger partial charge is 0.343 e. The van der Waals surface area contributed by atoms with E-state index in [-0.39, 0.29) is 11.7 Å². The van der Waals surface area contributed by atoms with Crippen LogP contribution in [0.2, 0.25) is 0 Å². The Morgan fingerprint density at radius 3 is 2.40 bits per heavy atom. The molecule has 1 amide bonds. The molecule has 2 aliphatic heterocycles. The Kier molecular flexibility index (Phi) is 5.89. The number of nitrogens with zero attached hydrogens (tertiary/aromatic N) is 1. The minimum atomic E-state index is 0.0740. The number of hydrogen-bond acceptors (Lipinski definition) is 3. The van der Waals surface area contributed by atoms with Gasteiger partial charge in [0, 0.05) is 38.0 Å². The number of rotatable bonds is 6. The van der Waals surface area contributed by atoms with Crippen LogP contribution in [-0.2, 0) is 11.2 Å². The highest BCUT2D eigenvalue weighted by molar-refractivity contribution is 5.98. The zero-order valence-electron chi connectivity index (χ0n) is 15.4. The van der Waals surface area contributed by atoms with Crippen molar-refractivity contribution in [3.8, 4) is 0 Å². The van der Waals surface area contributed by atoms with Gasteiger partial charge in [0.15, 0.2) is 5.78 Å². The number of ketones is 1. The molecule has 0 saturated carbocycles. The van der Waals surface area contributed by atoms with Crippen molar-refractivity contribution in [1.29, 1.82) is 0 Å². The van der Waals surface area contributed by atoms with Crippen LogP contribution in [0.1, 0.15) is 61.4 Å². The predicted octanol–water partition coefficient (Wildman–Crippen LogP) is 3.20. The summed E-state index contributed by atoms with van der Waals surface area (Å²) in [6.45, 7) is 6.05. The highest BCUT2D eigenvalue weighted by Gasteiger charge is 2.37.